The molecular formula is C25H27N3O5. The Morgan fingerprint density at radius 1 is 0.909 bits per heavy atom. The molecule has 0 saturated heterocycles. The van der Waals surface area contributed by atoms with E-state index in [1.165, 1.54) is 0 Å². The van der Waals surface area contributed by atoms with Gasteiger partial charge in [-0.2, -0.15) is 0 Å². The number of carbonyl (C=O) groups is 2. The van der Waals surface area contributed by atoms with E-state index < -0.39 is 11.8 Å². The zero-order valence-electron chi connectivity index (χ0n) is 18.9. The van der Waals surface area contributed by atoms with Gasteiger partial charge in [0.05, 0.1) is 6.61 Å². The molecule has 8 heteroatoms. The number of amides is 2. The zero-order chi connectivity index (χ0) is 23.6. The van der Waals surface area contributed by atoms with Crippen LogP contribution in [-0.4, -0.2) is 30.0 Å². The SMILES string of the molecule is CCOc1cc(C(=O)NNC(=O)COc2ccc(C)c(C)c2)ccc1OCc1cccnc1. The lowest BCUT2D eigenvalue weighted by molar-refractivity contribution is -0.123. The van der Waals surface area contributed by atoms with E-state index in [9.17, 15) is 9.59 Å². The summed E-state index contributed by atoms with van der Waals surface area (Å²) in [6.07, 6.45) is 3.41. The highest BCUT2D eigenvalue weighted by atomic mass is 16.5. The van der Waals surface area contributed by atoms with Crippen molar-refractivity contribution in [2.75, 3.05) is 13.2 Å². The summed E-state index contributed by atoms with van der Waals surface area (Å²) in [6, 6.07) is 14.1. The first-order chi connectivity index (χ1) is 16.0. The predicted octanol–water partition coefficient (Wildman–Crippen LogP) is 3.52. The molecule has 1 heterocycles. The van der Waals surface area contributed by atoms with Crippen molar-refractivity contribution in [1.29, 1.82) is 0 Å². The number of hydrogen-bond donors (Lipinski definition) is 2. The zero-order valence-corrected chi connectivity index (χ0v) is 18.9. The van der Waals surface area contributed by atoms with Crippen molar-refractivity contribution in [2.24, 2.45) is 0 Å². The standard InChI is InChI=1S/C25H27N3O5/c1-4-31-23-13-20(8-10-22(23)33-15-19-6-5-11-26-14-19)25(30)28-27-24(29)16-32-21-9-7-17(2)18(3)12-21/h5-14H,4,15-16H2,1-3H3,(H,27,29)(H,28,30). The van der Waals surface area contributed by atoms with Crippen LogP contribution < -0.4 is 25.1 Å². The van der Waals surface area contributed by atoms with Crippen LogP contribution in [0.4, 0.5) is 0 Å². The van der Waals surface area contributed by atoms with Gasteiger partial charge in [-0.05, 0) is 68.3 Å². The van der Waals surface area contributed by atoms with Crippen molar-refractivity contribution >= 4 is 11.8 Å². The molecule has 0 atom stereocenters. The van der Waals surface area contributed by atoms with Crippen LogP contribution in [0.1, 0.15) is 34.0 Å². The summed E-state index contributed by atoms with van der Waals surface area (Å²) in [7, 11) is 0. The molecule has 0 aliphatic rings. The summed E-state index contributed by atoms with van der Waals surface area (Å²) >= 11 is 0. The summed E-state index contributed by atoms with van der Waals surface area (Å²) < 4.78 is 16.9. The van der Waals surface area contributed by atoms with Gasteiger partial charge in [-0.15, -0.1) is 0 Å². The number of ether oxygens (including phenoxy) is 3. The number of carbonyl (C=O) groups excluding carboxylic acids is 2. The lowest BCUT2D eigenvalue weighted by atomic mass is 10.1. The van der Waals surface area contributed by atoms with Gasteiger partial charge in [-0.3, -0.25) is 25.4 Å². The molecule has 33 heavy (non-hydrogen) atoms. The first-order valence-electron chi connectivity index (χ1n) is 10.5. The van der Waals surface area contributed by atoms with Crippen molar-refractivity contribution < 1.29 is 23.8 Å². The summed E-state index contributed by atoms with van der Waals surface area (Å²) in [6.45, 7) is 6.30. The molecule has 172 valence electrons. The number of nitrogens with zero attached hydrogens (tertiary/aromatic N) is 1. The molecule has 2 aromatic carbocycles. The smallest absolute Gasteiger partial charge is 0.276 e. The minimum atomic E-state index is -0.491. The maximum Gasteiger partial charge on any atom is 0.276 e. The maximum absolute atomic E-state index is 12.5. The van der Waals surface area contributed by atoms with Gasteiger partial charge in [0, 0.05) is 23.5 Å². The Bertz CT molecular complexity index is 1100. The van der Waals surface area contributed by atoms with Crippen molar-refractivity contribution in [2.45, 2.75) is 27.4 Å². The van der Waals surface area contributed by atoms with E-state index in [0.29, 0.717) is 36.0 Å². The van der Waals surface area contributed by atoms with Gasteiger partial charge in [-0.1, -0.05) is 12.1 Å². The van der Waals surface area contributed by atoms with E-state index in [2.05, 4.69) is 15.8 Å². The Kier molecular flexibility index (Phi) is 8.24. The minimum absolute atomic E-state index is 0.228. The quantitative estimate of drug-likeness (QED) is 0.485. The predicted molar refractivity (Wildman–Crippen MR) is 123 cm³/mol. The molecule has 2 amide bonds. The molecule has 0 spiro atoms. The van der Waals surface area contributed by atoms with Crippen LogP contribution in [0.3, 0.4) is 0 Å². The van der Waals surface area contributed by atoms with Gasteiger partial charge in [0.1, 0.15) is 12.4 Å². The Hall–Kier alpha value is -4.07. The highest BCUT2D eigenvalue weighted by Gasteiger charge is 2.13. The summed E-state index contributed by atoms with van der Waals surface area (Å²) in [5, 5.41) is 0. The number of rotatable bonds is 9. The van der Waals surface area contributed by atoms with Crippen molar-refractivity contribution in [3.8, 4) is 17.2 Å². The Morgan fingerprint density at radius 2 is 1.76 bits per heavy atom. The van der Waals surface area contributed by atoms with Crippen LogP contribution in [-0.2, 0) is 11.4 Å². The van der Waals surface area contributed by atoms with Gasteiger partial charge >= 0.3 is 0 Å². The average molecular weight is 450 g/mol. The third-order valence-electron chi connectivity index (χ3n) is 4.79. The number of hydrogen-bond acceptors (Lipinski definition) is 6. The number of hydrazine groups is 1. The van der Waals surface area contributed by atoms with Crippen molar-refractivity contribution in [3.63, 3.8) is 0 Å². The molecular weight excluding hydrogens is 422 g/mol. The van der Waals surface area contributed by atoms with Crippen LogP contribution >= 0.6 is 0 Å². The van der Waals surface area contributed by atoms with Crippen molar-refractivity contribution in [3.05, 3.63) is 83.2 Å². The van der Waals surface area contributed by atoms with E-state index in [-0.39, 0.29) is 6.61 Å². The molecule has 0 saturated carbocycles. The molecule has 0 radical (unpaired) electrons. The molecule has 0 fully saturated rings. The van der Waals surface area contributed by atoms with E-state index in [0.717, 1.165) is 16.7 Å². The first kappa shape index (κ1) is 23.6. The van der Waals surface area contributed by atoms with E-state index in [4.69, 9.17) is 14.2 Å². The monoisotopic (exact) mass is 449 g/mol. The Morgan fingerprint density at radius 3 is 2.48 bits per heavy atom. The first-order valence-corrected chi connectivity index (χ1v) is 10.5. The van der Waals surface area contributed by atoms with Crippen LogP contribution in [0, 0.1) is 13.8 Å². The van der Waals surface area contributed by atoms with E-state index >= 15 is 0 Å². The summed E-state index contributed by atoms with van der Waals surface area (Å²) in [4.78, 5) is 28.6. The molecule has 1 aromatic heterocycles. The Balaban J connectivity index is 1.54. The number of pyridine rings is 1. The van der Waals surface area contributed by atoms with Crippen LogP contribution in [0.2, 0.25) is 0 Å². The van der Waals surface area contributed by atoms with Crippen LogP contribution in [0.25, 0.3) is 0 Å². The molecule has 0 aliphatic heterocycles. The van der Waals surface area contributed by atoms with Gasteiger partial charge in [0.25, 0.3) is 11.8 Å². The fourth-order valence-corrected chi connectivity index (χ4v) is 2.87. The summed E-state index contributed by atoms with van der Waals surface area (Å²) in [5.41, 5.74) is 8.15. The lowest BCUT2D eigenvalue weighted by Crippen LogP contribution is -2.43. The molecule has 2 N–H and O–H groups in total. The second kappa shape index (κ2) is 11.5. The second-order valence-corrected chi connectivity index (χ2v) is 7.28. The third-order valence-corrected chi connectivity index (χ3v) is 4.79. The van der Waals surface area contributed by atoms with Gasteiger partial charge in [-0.25, -0.2) is 0 Å². The van der Waals surface area contributed by atoms with Crippen LogP contribution in [0.15, 0.2) is 60.9 Å². The van der Waals surface area contributed by atoms with E-state index in [1.807, 2.05) is 45.0 Å². The number of aryl methyl sites for hydroxylation is 2. The highest BCUT2D eigenvalue weighted by Crippen LogP contribution is 2.29. The molecule has 0 unspecified atom stereocenters. The highest BCUT2D eigenvalue weighted by molar-refractivity contribution is 5.96. The Labute approximate surface area is 192 Å². The van der Waals surface area contributed by atoms with Crippen molar-refractivity contribution in [1.82, 2.24) is 15.8 Å². The van der Waals surface area contributed by atoms with Crippen LogP contribution in [0.5, 0.6) is 17.2 Å². The molecule has 3 aromatic rings. The molecule has 0 aliphatic carbocycles. The van der Waals surface area contributed by atoms with E-state index in [1.54, 1.807) is 36.7 Å². The molecule has 8 nitrogen and oxygen atoms in total. The lowest BCUT2D eigenvalue weighted by Gasteiger charge is -2.14. The average Bonchev–Trinajstić information content (AvgIpc) is 2.83. The van der Waals surface area contributed by atoms with Gasteiger partial charge in [0.2, 0.25) is 0 Å². The fraction of sp³-hybridized carbons (Fsp3) is 0.240. The fourth-order valence-electron chi connectivity index (χ4n) is 2.87. The largest absolute Gasteiger partial charge is 0.490 e. The summed E-state index contributed by atoms with van der Waals surface area (Å²) in [5.74, 6) is 0.543. The normalized spacial score (nSPS) is 10.3. The van der Waals surface area contributed by atoms with Gasteiger partial charge < -0.3 is 14.2 Å². The topological polar surface area (TPSA) is 98.8 Å². The third kappa shape index (κ3) is 6.96. The number of benzene rings is 2. The number of nitrogens with one attached hydrogen (secondary N) is 2. The minimum Gasteiger partial charge on any atom is -0.490 e. The molecule has 3 rings (SSSR count). The molecule has 0 bridgehead atoms. The number of aromatic nitrogens is 1. The second-order valence-electron chi connectivity index (χ2n) is 7.28. The maximum atomic E-state index is 12.5. The van der Waals surface area contributed by atoms with Gasteiger partial charge in [0.15, 0.2) is 18.1 Å².